The van der Waals surface area contributed by atoms with Gasteiger partial charge in [0, 0.05) is 12.7 Å². The van der Waals surface area contributed by atoms with Crippen LogP contribution in [-0.4, -0.2) is 7.05 Å². The van der Waals surface area contributed by atoms with E-state index in [1.807, 2.05) is 7.05 Å². The van der Waals surface area contributed by atoms with Gasteiger partial charge in [-0.1, -0.05) is 33.3 Å². The van der Waals surface area contributed by atoms with Crippen LogP contribution in [0.15, 0.2) is 12.3 Å². The highest BCUT2D eigenvalue weighted by Gasteiger charge is 2.02. The van der Waals surface area contributed by atoms with Crippen molar-refractivity contribution in [3.63, 3.8) is 0 Å². The summed E-state index contributed by atoms with van der Waals surface area (Å²) in [4.78, 5) is 0. The summed E-state index contributed by atoms with van der Waals surface area (Å²) in [6.07, 6.45) is 3.85. The van der Waals surface area contributed by atoms with Gasteiger partial charge >= 0.3 is 0 Å². The van der Waals surface area contributed by atoms with Crippen LogP contribution in [0, 0.1) is 5.92 Å². The van der Waals surface area contributed by atoms with Crippen molar-refractivity contribution in [1.29, 1.82) is 0 Å². The van der Waals surface area contributed by atoms with Crippen molar-refractivity contribution in [2.24, 2.45) is 5.92 Å². The molecule has 0 amide bonds. The molecule has 0 aromatic heterocycles. The van der Waals surface area contributed by atoms with Gasteiger partial charge in [-0.25, -0.2) is 0 Å². The monoisotopic (exact) mass is 141 g/mol. The predicted molar refractivity (Wildman–Crippen MR) is 46.9 cm³/mol. The summed E-state index contributed by atoms with van der Waals surface area (Å²) in [6, 6.07) is 0. The molecule has 1 unspecified atom stereocenters. The SMILES string of the molecule is C=C(NC)C(C)CCCC. The molecule has 1 nitrogen and oxygen atoms in total. The molecule has 0 saturated carbocycles. The summed E-state index contributed by atoms with van der Waals surface area (Å²) in [7, 11) is 1.94. The van der Waals surface area contributed by atoms with Crippen molar-refractivity contribution >= 4 is 0 Å². The van der Waals surface area contributed by atoms with Crippen molar-refractivity contribution in [3.8, 4) is 0 Å². The van der Waals surface area contributed by atoms with Gasteiger partial charge in [0.2, 0.25) is 0 Å². The topological polar surface area (TPSA) is 12.0 Å². The molecule has 0 fully saturated rings. The molecule has 0 aliphatic carbocycles. The second-order valence-corrected chi connectivity index (χ2v) is 2.82. The molecular weight excluding hydrogens is 122 g/mol. The van der Waals surface area contributed by atoms with E-state index in [0.717, 1.165) is 5.70 Å². The summed E-state index contributed by atoms with van der Waals surface area (Å²) in [5.41, 5.74) is 1.16. The summed E-state index contributed by atoms with van der Waals surface area (Å²) < 4.78 is 0. The normalized spacial score (nSPS) is 12.7. The standard InChI is InChI=1S/C9H19N/c1-5-6-7-8(2)9(3)10-4/h8,10H,3,5-7H2,1-2,4H3. The zero-order valence-electron chi connectivity index (χ0n) is 7.41. The van der Waals surface area contributed by atoms with E-state index in [2.05, 4.69) is 25.7 Å². The van der Waals surface area contributed by atoms with Crippen LogP contribution in [0.2, 0.25) is 0 Å². The van der Waals surface area contributed by atoms with Gasteiger partial charge < -0.3 is 5.32 Å². The van der Waals surface area contributed by atoms with E-state index in [1.54, 1.807) is 0 Å². The molecule has 1 atom stereocenters. The van der Waals surface area contributed by atoms with Crippen LogP contribution in [0.4, 0.5) is 0 Å². The van der Waals surface area contributed by atoms with Gasteiger partial charge in [-0.3, -0.25) is 0 Å². The second kappa shape index (κ2) is 5.33. The maximum absolute atomic E-state index is 3.91. The molecule has 0 radical (unpaired) electrons. The third-order valence-corrected chi connectivity index (χ3v) is 1.91. The van der Waals surface area contributed by atoms with Crippen molar-refractivity contribution in [1.82, 2.24) is 5.32 Å². The van der Waals surface area contributed by atoms with Crippen LogP contribution in [0.5, 0.6) is 0 Å². The zero-order valence-corrected chi connectivity index (χ0v) is 7.41. The van der Waals surface area contributed by atoms with Gasteiger partial charge in [-0.05, 0) is 12.3 Å². The Bertz CT molecular complexity index is 96.9. The fourth-order valence-corrected chi connectivity index (χ4v) is 0.931. The van der Waals surface area contributed by atoms with Gasteiger partial charge in [0.15, 0.2) is 0 Å². The molecule has 0 saturated heterocycles. The first-order chi connectivity index (χ1) is 4.72. The lowest BCUT2D eigenvalue weighted by Crippen LogP contribution is -2.12. The maximum atomic E-state index is 3.91. The van der Waals surface area contributed by atoms with Crippen molar-refractivity contribution in [2.75, 3.05) is 7.05 Å². The molecule has 0 aliphatic heterocycles. The van der Waals surface area contributed by atoms with Gasteiger partial charge in [-0.2, -0.15) is 0 Å². The average Bonchev–Trinajstić information content (AvgIpc) is 1.98. The largest absolute Gasteiger partial charge is 0.392 e. The lowest BCUT2D eigenvalue weighted by atomic mass is 10.0. The van der Waals surface area contributed by atoms with E-state index in [1.165, 1.54) is 19.3 Å². The Kier molecular flexibility index (Phi) is 5.09. The smallest absolute Gasteiger partial charge is 0.00597 e. The molecular formula is C9H19N. The molecule has 0 heterocycles. The quantitative estimate of drug-likeness (QED) is 0.620. The van der Waals surface area contributed by atoms with Crippen LogP contribution >= 0.6 is 0 Å². The predicted octanol–water partition coefficient (Wildman–Crippen LogP) is 2.55. The first kappa shape index (κ1) is 9.54. The van der Waals surface area contributed by atoms with E-state index >= 15 is 0 Å². The minimum absolute atomic E-state index is 0.630. The lowest BCUT2D eigenvalue weighted by molar-refractivity contribution is 0.549. The summed E-state index contributed by atoms with van der Waals surface area (Å²) in [5.74, 6) is 0.630. The molecule has 0 aromatic rings. The first-order valence-electron chi connectivity index (χ1n) is 4.08. The average molecular weight is 141 g/mol. The third-order valence-electron chi connectivity index (χ3n) is 1.91. The summed E-state index contributed by atoms with van der Waals surface area (Å²) >= 11 is 0. The minimum Gasteiger partial charge on any atom is -0.392 e. The van der Waals surface area contributed by atoms with E-state index in [4.69, 9.17) is 0 Å². The van der Waals surface area contributed by atoms with E-state index < -0.39 is 0 Å². The number of allylic oxidation sites excluding steroid dienone is 1. The molecule has 0 aromatic carbocycles. The van der Waals surface area contributed by atoms with Crippen molar-refractivity contribution < 1.29 is 0 Å². The molecule has 10 heavy (non-hydrogen) atoms. The zero-order chi connectivity index (χ0) is 7.98. The molecule has 0 rings (SSSR count). The Hall–Kier alpha value is -0.460. The van der Waals surface area contributed by atoms with E-state index in [-0.39, 0.29) is 0 Å². The molecule has 1 heteroatoms. The van der Waals surface area contributed by atoms with Crippen LogP contribution in [0.25, 0.3) is 0 Å². The minimum atomic E-state index is 0.630. The molecule has 0 bridgehead atoms. The van der Waals surface area contributed by atoms with Gasteiger partial charge in [0.05, 0.1) is 0 Å². The van der Waals surface area contributed by atoms with Gasteiger partial charge in [0.1, 0.15) is 0 Å². The molecule has 0 spiro atoms. The molecule has 0 aliphatic rings. The number of rotatable bonds is 5. The Morgan fingerprint density at radius 1 is 1.60 bits per heavy atom. The fourth-order valence-electron chi connectivity index (χ4n) is 0.931. The van der Waals surface area contributed by atoms with E-state index in [9.17, 15) is 0 Å². The molecule has 1 N–H and O–H groups in total. The van der Waals surface area contributed by atoms with E-state index in [0.29, 0.717) is 5.92 Å². The Morgan fingerprint density at radius 2 is 2.20 bits per heavy atom. The van der Waals surface area contributed by atoms with Crippen molar-refractivity contribution in [3.05, 3.63) is 12.3 Å². The van der Waals surface area contributed by atoms with Crippen LogP contribution < -0.4 is 5.32 Å². The lowest BCUT2D eigenvalue weighted by Gasteiger charge is -2.12. The Balaban J connectivity index is 3.41. The summed E-state index contributed by atoms with van der Waals surface area (Å²) in [6.45, 7) is 8.35. The number of nitrogens with one attached hydrogen (secondary N) is 1. The highest BCUT2D eigenvalue weighted by Crippen LogP contribution is 2.12. The van der Waals surface area contributed by atoms with Crippen LogP contribution in [-0.2, 0) is 0 Å². The third kappa shape index (κ3) is 3.54. The van der Waals surface area contributed by atoms with Crippen LogP contribution in [0.1, 0.15) is 33.1 Å². The fraction of sp³-hybridized carbons (Fsp3) is 0.778. The second-order valence-electron chi connectivity index (χ2n) is 2.82. The first-order valence-corrected chi connectivity index (χ1v) is 4.08. The van der Waals surface area contributed by atoms with Crippen LogP contribution in [0.3, 0.4) is 0 Å². The van der Waals surface area contributed by atoms with Gasteiger partial charge in [-0.15, -0.1) is 0 Å². The highest BCUT2D eigenvalue weighted by atomic mass is 14.8. The maximum Gasteiger partial charge on any atom is 0.00597 e. The number of unbranched alkanes of at least 4 members (excludes halogenated alkanes) is 1. The highest BCUT2D eigenvalue weighted by molar-refractivity contribution is 4.94. The van der Waals surface area contributed by atoms with Gasteiger partial charge in [0.25, 0.3) is 0 Å². The molecule has 60 valence electrons. The number of hydrogen-bond donors (Lipinski definition) is 1. The summed E-state index contributed by atoms with van der Waals surface area (Å²) in [5, 5.41) is 3.08. The number of hydrogen-bond acceptors (Lipinski definition) is 1. The Morgan fingerprint density at radius 3 is 2.60 bits per heavy atom. The Labute approximate surface area is 64.5 Å². The van der Waals surface area contributed by atoms with Crippen molar-refractivity contribution in [2.45, 2.75) is 33.1 Å².